The van der Waals surface area contributed by atoms with Gasteiger partial charge in [-0.05, 0) is 92.9 Å². The van der Waals surface area contributed by atoms with Crippen molar-refractivity contribution in [3.05, 3.63) is 47.7 Å². The van der Waals surface area contributed by atoms with Crippen molar-refractivity contribution in [2.45, 2.75) is 122 Å². The average Bonchev–Trinajstić information content (AvgIpc) is 3.49. The molecule has 11 heteroatoms. The van der Waals surface area contributed by atoms with Gasteiger partial charge in [-0.15, -0.1) is 0 Å². The van der Waals surface area contributed by atoms with Crippen molar-refractivity contribution in [3.63, 3.8) is 0 Å². The molecule has 9 nitrogen and oxygen atoms in total. The van der Waals surface area contributed by atoms with Gasteiger partial charge in [0.05, 0.1) is 5.39 Å². The molecule has 3 fully saturated rings. The van der Waals surface area contributed by atoms with Crippen molar-refractivity contribution in [1.82, 2.24) is 25.2 Å². The highest BCUT2D eigenvalue weighted by molar-refractivity contribution is 6.01. The first-order valence-electron chi connectivity index (χ1n) is 20.0. The Morgan fingerprint density at radius 2 is 1.64 bits per heavy atom. The fourth-order valence-electron chi connectivity index (χ4n) is 8.68. The summed E-state index contributed by atoms with van der Waals surface area (Å²) in [6.45, 7) is 7.99. The molecule has 7 rings (SSSR count). The summed E-state index contributed by atoms with van der Waals surface area (Å²) in [4.78, 5) is 30.0. The predicted molar refractivity (Wildman–Crippen MR) is 206 cm³/mol. The minimum absolute atomic E-state index is 0.00709. The fraction of sp³-hybridized carbons (Fsp3) is 0.571. The van der Waals surface area contributed by atoms with Crippen molar-refractivity contribution in [2.75, 3.05) is 37.6 Å². The molecule has 2 bridgehead atoms. The van der Waals surface area contributed by atoms with Gasteiger partial charge in [0.1, 0.15) is 40.5 Å². The van der Waals surface area contributed by atoms with Gasteiger partial charge in [-0.3, -0.25) is 4.98 Å². The zero-order chi connectivity index (χ0) is 36.9. The lowest BCUT2D eigenvalue weighted by molar-refractivity contribution is -0.117. The van der Waals surface area contributed by atoms with Gasteiger partial charge in [0.15, 0.2) is 5.82 Å². The zero-order valence-electron chi connectivity index (χ0n) is 31.3. The van der Waals surface area contributed by atoms with E-state index in [1.165, 1.54) is 50.7 Å². The summed E-state index contributed by atoms with van der Waals surface area (Å²) in [6.07, 6.45) is 16.1. The van der Waals surface area contributed by atoms with Gasteiger partial charge in [0.2, 0.25) is 0 Å². The number of carbonyl (C=O) groups excluding carboxylic acids is 1. The Morgan fingerprint density at radius 1 is 0.943 bits per heavy atom. The number of phenols is 1. The number of ketones is 1. The number of benzene rings is 2. The van der Waals surface area contributed by atoms with Crippen LogP contribution in [0, 0.1) is 11.6 Å². The number of hydrogen-bond donors (Lipinski definition) is 2. The second-order valence-corrected chi connectivity index (χ2v) is 15.5. The fourth-order valence-corrected chi connectivity index (χ4v) is 8.68. The lowest BCUT2D eigenvalue weighted by Gasteiger charge is -2.35. The molecule has 3 aliphatic heterocycles. The Labute approximate surface area is 311 Å². The number of nitrogens with one attached hydrogen (secondary N) is 1. The number of Topliss-reactive ketones (excluding diaryl/α,β-unsaturated/α-hetero) is 1. The number of rotatable bonds is 16. The summed E-state index contributed by atoms with van der Waals surface area (Å²) in [6, 6.07) is 6.86. The second-order valence-electron chi connectivity index (χ2n) is 15.5. The molecule has 0 aliphatic carbocycles. The number of fused-ring (bicyclic) bond motifs is 4. The molecule has 0 spiro atoms. The first kappa shape index (κ1) is 37.4. The van der Waals surface area contributed by atoms with E-state index in [1.54, 1.807) is 25.3 Å². The molecule has 2 atom stereocenters. The first-order chi connectivity index (χ1) is 25.8. The normalized spacial score (nSPS) is 19.4. The highest BCUT2D eigenvalue weighted by Gasteiger charge is 2.34. The van der Waals surface area contributed by atoms with E-state index in [0.29, 0.717) is 57.4 Å². The van der Waals surface area contributed by atoms with Crippen molar-refractivity contribution in [2.24, 2.45) is 0 Å². The van der Waals surface area contributed by atoms with Crippen LogP contribution in [0.1, 0.15) is 103 Å². The quantitative estimate of drug-likeness (QED) is 0.110. The van der Waals surface area contributed by atoms with Crippen molar-refractivity contribution in [3.8, 4) is 23.0 Å². The van der Waals surface area contributed by atoms with E-state index in [-0.39, 0.29) is 34.9 Å². The number of pyridine rings is 1. The van der Waals surface area contributed by atoms with Crippen LogP contribution in [0.3, 0.4) is 0 Å². The molecule has 2 N–H and O–H groups in total. The highest BCUT2D eigenvalue weighted by atomic mass is 19.1. The van der Waals surface area contributed by atoms with Crippen LogP contribution in [0.25, 0.3) is 32.9 Å². The van der Waals surface area contributed by atoms with E-state index in [4.69, 9.17) is 14.7 Å². The lowest BCUT2D eigenvalue weighted by atomic mass is 9.94. The number of piperazine rings is 1. The van der Waals surface area contributed by atoms with Crippen LogP contribution in [0.2, 0.25) is 0 Å². The first-order valence-corrected chi connectivity index (χ1v) is 20.0. The van der Waals surface area contributed by atoms with Crippen LogP contribution in [0.5, 0.6) is 11.8 Å². The van der Waals surface area contributed by atoms with E-state index in [1.807, 2.05) is 6.92 Å². The van der Waals surface area contributed by atoms with Crippen molar-refractivity contribution < 1.29 is 23.4 Å². The summed E-state index contributed by atoms with van der Waals surface area (Å²) < 4.78 is 38.4. The van der Waals surface area contributed by atoms with E-state index in [0.717, 1.165) is 77.7 Å². The number of nitrogens with zero attached hydrogens (tertiary/aromatic N) is 5. The number of ether oxygens (including phenoxy) is 1. The Morgan fingerprint density at radius 3 is 2.34 bits per heavy atom. The number of aromatic hydroxyl groups is 1. The van der Waals surface area contributed by atoms with Gasteiger partial charge >= 0.3 is 6.01 Å². The molecule has 0 amide bonds. The minimum atomic E-state index is -0.643. The van der Waals surface area contributed by atoms with Crippen LogP contribution in [0.4, 0.5) is 14.6 Å². The monoisotopic (exact) mass is 728 g/mol. The Bertz CT molecular complexity index is 1900. The summed E-state index contributed by atoms with van der Waals surface area (Å²) in [5.41, 5.74) is 0.891. The average molecular weight is 729 g/mol. The molecule has 2 unspecified atom stereocenters. The van der Waals surface area contributed by atoms with E-state index < -0.39 is 5.82 Å². The van der Waals surface area contributed by atoms with Crippen molar-refractivity contribution >= 4 is 33.3 Å². The number of phenolic OH excluding ortho intramolecular Hbond substituents is 1. The summed E-state index contributed by atoms with van der Waals surface area (Å²) in [7, 11) is 0. The molecule has 2 aromatic carbocycles. The number of carbonyl (C=O) groups is 1. The van der Waals surface area contributed by atoms with Gasteiger partial charge in [-0.25, -0.2) is 8.78 Å². The number of likely N-dealkylation sites (tertiary alicyclic amines) is 1. The molecule has 0 radical (unpaired) electrons. The molecule has 3 aliphatic rings. The third-order valence-corrected chi connectivity index (χ3v) is 11.5. The lowest BCUT2D eigenvalue weighted by Crippen LogP contribution is -2.51. The molecule has 0 saturated carbocycles. The van der Waals surface area contributed by atoms with Gasteiger partial charge < -0.3 is 29.8 Å². The maximum absolute atomic E-state index is 16.9. The molecular weight excluding hydrogens is 674 g/mol. The standard InChI is InChI=1S/C42H54F2N6O3/c1-3-33-36(43)16-13-28-22-31(52)23-34(37(28)33)39-38(44)40-35(24-45-39)41(50-25-29-14-15-30(26-50)46-29)48-42(47-40)53-32-17-20-49(21-18-32)19-11-9-7-5-4-6-8-10-12-27(2)51/h13,16,22-24,29-30,32,46,52H,3-12,14-15,17-21,25-26H2,1-2H3. The Balaban J connectivity index is 1.06. The third-order valence-electron chi connectivity index (χ3n) is 11.5. The molecule has 4 aromatic rings. The molecule has 284 valence electrons. The number of hydrogen-bond acceptors (Lipinski definition) is 9. The van der Waals surface area contributed by atoms with Gasteiger partial charge in [0.25, 0.3) is 0 Å². The number of unbranched alkanes of at least 4 members (excludes halogenated alkanes) is 7. The number of aromatic nitrogens is 3. The molecule has 2 aromatic heterocycles. The number of anilines is 1. The molecule has 3 saturated heterocycles. The maximum atomic E-state index is 16.9. The zero-order valence-corrected chi connectivity index (χ0v) is 31.3. The smallest absolute Gasteiger partial charge is 0.319 e. The number of piperidine rings is 1. The van der Waals surface area contributed by atoms with Crippen LogP contribution in [-0.2, 0) is 11.2 Å². The Hall–Kier alpha value is -3.96. The second kappa shape index (κ2) is 17.0. The largest absolute Gasteiger partial charge is 0.508 e. The highest BCUT2D eigenvalue weighted by Crippen LogP contribution is 2.39. The summed E-state index contributed by atoms with van der Waals surface area (Å²) in [5, 5.41) is 16.0. The van der Waals surface area contributed by atoms with Gasteiger partial charge in [0, 0.05) is 56.4 Å². The predicted octanol–water partition coefficient (Wildman–Crippen LogP) is 8.27. The maximum Gasteiger partial charge on any atom is 0.319 e. The molecular formula is C42H54F2N6O3. The Kier molecular flexibility index (Phi) is 12.0. The van der Waals surface area contributed by atoms with E-state index in [9.17, 15) is 9.90 Å². The summed E-state index contributed by atoms with van der Waals surface area (Å²) >= 11 is 0. The van der Waals surface area contributed by atoms with Crippen LogP contribution in [-0.4, -0.2) is 81.7 Å². The van der Waals surface area contributed by atoms with Crippen LogP contribution >= 0.6 is 0 Å². The number of aryl methyl sites for hydroxylation is 1. The topological polar surface area (TPSA) is 104 Å². The van der Waals surface area contributed by atoms with Crippen LogP contribution < -0.4 is 15.0 Å². The van der Waals surface area contributed by atoms with E-state index in [2.05, 4.69) is 20.1 Å². The summed E-state index contributed by atoms with van der Waals surface area (Å²) in [5.74, 6) is -0.155. The van der Waals surface area contributed by atoms with Gasteiger partial charge in [-0.2, -0.15) is 9.97 Å². The number of halogens is 2. The van der Waals surface area contributed by atoms with Crippen molar-refractivity contribution in [1.29, 1.82) is 0 Å². The SMILES string of the molecule is CCc1c(F)ccc2cc(O)cc(-c3ncc4c(N5CC6CCC(C5)N6)nc(OC5CCN(CCCCCCCCCCC(C)=O)CC5)nc4c3F)c12. The molecule has 5 heterocycles. The minimum Gasteiger partial charge on any atom is -0.508 e. The van der Waals surface area contributed by atoms with Gasteiger partial charge in [-0.1, -0.05) is 51.5 Å². The third kappa shape index (κ3) is 8.72. The molecule has 53 heavy (non-hydrogen) atoms. The van der Waals surface area contributed by atoms with Crippen LogP contribution in [0.15, 0.2) is 30.5 Å². The van der Waals surface area contributed by atoms with E-state index >= 15 is 8.78 Å².